The van der Waals surface area contributed by atoms with Gasteiger partial charge >= 0.3 is 0 Å². The zero-order valence-corrected chi connectivity index (χ0v) is 18.0. The summed E-state index contributed by atoms with van der Waals surface area (Å²) >= 11 is 0. The molecule has 0 aliphatic carbocycles. The van der Waals surface area contributed by atoms with Gasteiger partial charge in [0, 0.05) is 25.6 Å². The van der Waals surface area contributed by atoms with Gasteiger partial charge in [0.15, 0.2) is 0 Å². The zero-order chi connectivity index (χ0) is 21.9. The van der Waals surface area contributed by atoms with Gasteiger partial charge in [-0.15, -0.1) is 0 Å². The van der Waals surface area contributed by atoms with Gasteiger partial charge in [-0.1, -0.05) is 19.1 Å². The monoisotopic (exact) mass is 418 g/mol. The molecule has 2 N–H and O–H groups in total. The van der Waals surface area contributed by atoms with E-state index in [1.807, 2.05) is 0 Å². The highest BCUT2D eigenvalue weighted by Gasteiger charge is 2.29. The molecule has 30 heavy (non-hydrogen) atoms. The number of likely N-dealkylation sites (N-methyl/N-ethyl adjacent to an activating group) is 1. The fraction of sp³-hybridized carbons (Fsp3) is 0.591. The van der Waals surface area contributed by atoms with E-state index in [9.17, 15) is 0 Å². The maximum absolute atomic E-state index is 8.36. The Kier molecular flexibility index (Phi) is 9.76. The number of rotatable bonds is 4. The molecule has 0 spiro atoms. The molecule has 3 heterocycles. The fourth-order valence-electron chi connectivity index (χ4n) is 4.72. The summed E-state index contributed by atoms with van der Waals surface area (Å²) < 4.78 is 2.31. The summed E-state index contributed by atoms with van der Waals surface area (Å²) in [4.78, 5) is 27.0. The van der Waals surface area contributed by atoms with Gasteiger partial charge in [-0.05, 0) is 64.0 Å². The lowest BCUT2D eigenvalue weighted by Gasteiger charge is -2.35. The molecule has 4 rings (SSSR count). The Morgan fingerprint density at radius 3 is 2.30 bits per heavy atom. The van der Waals surface area contributed by atoms with Gasteiger partial charge in [-0.3, -0.25) is 14.5 Å². The first-order valence-corrected chi connectivity index (χ1v) is 10.6. The molecule has 0 radical (unpaired) electrons. The normalized spacial score (nSPS) is 20.1. The van der Waals surface area contributed by atoms with Crippen LogP contribution in [0.15, 0.2) is 24.3 Å². The van der Waals surface area contributed by atoms with E-state index in [1.54, 1.807) is 0 Å². The van der Waals surface area contributed by atoms with Crippen molar-refractivity contribution in [2.45, 2.75) is 44.6 Å². The van der Waals surface area contributed by atoms with E-state index in [-0.39, 0.29) is 12.9 Å². The quantitative estimate of drug-likeness (QED) is 0.737. The van der Waals surface area contributed by atoms with Crippen LogP contribution >= 0.6 is 0 Å². The van der Waals surface area contributed by atoms with Crippen LogP contribution < -0.4 is 0 Å². The first kappa shape index (κ1) is 23.8. The Balaban J connectivity index is 0.000000480. The number of piperidine rings is 1. The SMILES string of the molecule is CCN1CCCC1CN1CCC(c2nc3ccccc3n2C)CC1.O=CO.O=CO. The van der Waals surface area contributed by atoms with Crippen LogP contribution in [0, 0.1) is 0 Å². The van der Waals surface area contributed by atoms with Crippen molar-refractivity contribution < 1.29 is 19.8 Å². The summed E-state index contributed by atoms with van der Waals surface area (Å²) in [7, 11) is 2.18. The maximum atomic E-state index is 8.36. The van der Waals surface area contributed by atoms with Crippen LogP contribution in [0.5, 0.6) is 0 Å². The van der Waals surface area contributed by atoms with Crippen LogP contribution in [-0.2, 0) is 16.6 Å². The number of carbonyl (C=O) groups is 2. The highest BCUT2D eigenvalue weighted by Crippen LogP contribution is 2.30. The third kappa shape index (κ3) is 6.03. The molecule has 0 bridgehead atoms. The zero-order valence-electron chi connectivity index (χ0n) is 18.0. The highest BCUT2D eigenvalue weighted by atomic mass is 16.3. The van der Waals surface area contributed by atoms with Crippen molar-refractivity contribution in [2.24, 2.45) is 7.05 Å². The minimum Gasteiger partial charge on any atom is -0.483 e. The van der Waals surface area contributed by atoms with Crippen LogP contribution in [0.2, 0.25) is 0 Å². The lowest BCUT2D eigenvalue weighted by molar-refractivity contribution is -0.123. The fourth-order valence-corrected chi connectivity index (χ4v) is 4.72. The van der Waals surface area contributed by atoms with E-state index in [0.29, 0.717) is 5.92 Å². The van der Waals surface area contributed by atoms with E-state index >= 15 is 0 Å². The molecule has 0 saturated carbocycles. The molecule has 1 aromatic heterocycles. The Labute approximate surface area is 178 Å². The Morgan fingerprint density at radius 1 is 1.07 bits per heavy atom. The van der Waals surface area contributed by atoms with E-state index in [4.69, 9.17) is 24.8 Å². The van der Waals surface area contributed by atoms with Crippen molar-refractivity contribution in [3.8, 4) is 0 Å². The molecule has 1 unspecified atom stereocenters. The number of imidazole rings is 1. The number of hydrogen-bond acceptors (Lipinski definition) is 5. The van der Waals surface area contributed by atoms with Crippen LogP contribution in [0.25, 0.3) is 11.0 Å². The molecular weight excluding hydrogens is 384 g/mol. The average Bonchev–Trinajstić information content (AvgIpc) is 3.34. The summed E-state index contributed by atoms with van der Waals surface area (Å²) in [5.41, 5.74) is 2.40. The van der Waals surface area contributed by atoms with Gasteiger partial charge < -0.3 is 19.7 Å². The average molecular weight is 419 g/mol. The lowest BCUT2D eigenvalue weighted by Crippen LogP contribution is -2.43. The molecule has 1 atom stereocenters. The van der Waals surface area contributed by atoms with Crippen molar-refractivity contribution in [1.29, 1.82) is 0 Å². The minimum atomic E-state index is -0.250. The molecule has 2 fully saturated rings. The first-order valence-electron chi connectivity index (χ1n) is 10.6. The smallest absolute Gasteiger partial charge is 0.290 e. The Morgan fingerprint density at radius 2 is 1.70 bits per heavy atom. The second-order valence-electron chi connectivity index (χ2n) is 7.73. The van der Waals surface area contributed by atoms with Gasteiger partial charge in [0.05, 0.1) is 11.0 Å². The maximum Gasteiger partial charge on any atom is 0.290 e. The second-order valence-corrected chi connectivity index (χ2v) is 7.73. The summed E-state index contributed by atoms with van der Waals surface area (Å²) in [6, 6.07) is 9.30. The summed E-state index contributed by atoms with van der Waals surface area (Å²) in [6.45, 7) is 8.03. The van der Waals surface area contributed by atoms with Crippen molar-refractivity contribution in [2.75, 3.05) is 32.7 Å². The number of benzene rings is 1. The number of fused-ring (bicyclic) bond motifs is 1. The molecule has 2 saturated heterocycles. The summed E-state index contributed by atoms with van der Waals surface area (Å²) in [6.07, 6.45) is 5.26. The molecule has 0 amide bonds. The first-order chi connectivity index (χ1) is 14.6. The number of likely N-dealkylation sites (tertiary alicyclic amines) is 2. The van der Waals surface area contributed by atoms with E-state index in [1.165, 1.54) is 69.7 Å². The topological polar surface area (TPSA) is 98.9 Å². The van der Waals surface area contributed by atoms with Crippen LogP contribution in [0.1, 0.15) is 44.3 Å². The largest absolute Gasteiger partial charge is 0.483 e. The van der Waals surface area contributed by atoms with Gasteiger partial charge in [0.2, 0.25) is 0 Å². The van der Waals surface area contributed by atoms with Crippen LogP contribution in [0.3, 0.4) is 0 Å². The lowest BCUT2D eigenvalue weighted by atomic mass is 9.95. The van der Waals surface area contributed by atoms with Crippen molar-refractivity contribution >= 4 is 24.0 Å². The van der Waals surface area contributed by atoms with Crippen molar-refractivity contribution in [3.05, 3.63) is 30.1 Å². The summed E-state index contributed by atoms with van der Waals surface area (Å²) in [5, 5.41) is 13.8. The van der Waals surface area contributed by atoms with E-state index in [0.717, 1.165) is 11.6 Å². The molecule has 2 aliphatic rings. The Bertz CT molecular complexity index is 781. The van der Waals surface area contributed by atoms with Crippen LogP contribution in [0.4, 0.5) is 0 Å². The third-order valence-electron chi connectivity index (χ3n) is 6.15. The minimum absolute atomic E-state index is 0.250. The number of hydrogen-bond donors (Lipinski definition) is 2. The van der Waals surface area contributed by atoms with Gasteiger partial charge in [0.1, 0.15) is 5.82 Å². The number of para-hydroxylation sites is 2. The molecule has 2 aromatic rings. The number of nitrogens with zero attached hydrogens (tertiary/aromatic N) is 4. The Hall–Kier alpha value is -2.45. The molecular formula is C22H34N4O4. The second kappa shape index (κ2) is 12.3. The van der Waals surface area contributed by atoms with Gasteiger partial charge in [-0.25, -0.2) is 4.98 Å². The molecule has 8 heteroatoms. The van der Waals surface area contributed by atoms with E-state index < -0.39 is 0 Å². The van der Waals surface area contributed by atoms with E-state index in [2.05, 4.69) is 52.6 Å². The number of carboxylic acid groups (broad SMARTS) is 2. The molecule has 8 nitrogen and oxygen atoms in total. The van der Waals surface area contributed by atoms with Gasteiger partial charge in [0.25, 0.3) is 12.9 Å². The predicted octanol–water partition coefficient (Wildman–Crippen LogP) is 2.64. The van der Waals surface area contributed by atoms with Gasteiger partial charge in [-0.2, -0.15) is 0 Å². The number of aryl methyl sites for hydroxylation is 1. The van der Waals surface area contributed by atoms with Crippen molar-refractivity contribution in [3.63, 3.8) is 0 Å². The summed E-state index contributed by atoms with van der Waals surface area (Å²) in [5.74, 6) is 1.90. The predicted molar refractivity (Wildman–Crippen MR) is 117 cm³/mol. The van der Waals surface area contributed by atoms with Crippen LogP contribution in [-0.4, -0.2) is 81.3 Å². The standard InChI is InChI=1S/C20H30N4.2CH2O2/c1-3-24-12-6-7-17(24)15-23-13-10-16(11-14-23)20-21-18-8-4-5-9-19(18)22(20)2;2*2-1-3/h4-5,8-9,16-17H,3,6-7,10-15H2,1-2H3;2*1H,(H,2,3). The van der Waals surface area contributed by atoms with Crippen molar-refractivity contribution in [1.82, 2.24) is 19.4 Å². The highest BCUT2D eigenvalue weighted by molar-refractivity contribution is 5.75. The molecule has 166 valence electrons. The number of aromatic nitrogens is 2. The third-order valence-corrected chi connectivity index (χ3v) is 6.15. The molecule has 1 aromatic carbocycles. The molecule has 2 aliphatic heterocycles.